The molecule has 0 aliphatic carbocycles. The second-order valence-electron chi connectivity index (χ2n) is 3.82. The summed E-state index contributed by atoms with van der Waals surface area (Å²) in [6, 6.07) is 13.7. The van der Waals surface area contributed by atoms with E-state index in [4.69, 9.17) is 22.1 Å². The molecule has 5 heteroatoms. The number of rotatable bonds is 5. The molecule has 0 saturated carbocycles. The van der Waals surface area contributed by atoms with Gasteiger partial charge in [0.05, 0.1) is 16.8 Å². The minimum Gasteiger partial charge on any atom is -0.489 e. The topological polar surface area (TPSA) is 35.2 Å². The summed E-state index contributed by atoms with van der Waals surface area (Å²) in [5, 5.41) is 0.593. The highest BCUT2D eigenvalue weighted by atomic mass is 79.9. The predicted molar refractivity (Wildman–Crippen MR) is 86.2 cm³/mol. The van der Waals surface area contributed by atoms with Crippen LogP contribution in [0.3, 0.4) is 0 Å². The molecule has 0 amide bonds. The summed E-state index contributed by atoms with van der Waals surface area (Å²) in [5.74, 6) is 1.51. The van der Waals surface area contributed by atoms with E-state index in [-0.39, 0.29) is 0 Å². The van der Waals surface area contributed by atoms with Crippen LogP contribution >= 0.6 is 39.3 Å². The fraction of sp³-hybridized carbons (Fsp3) is 0.143. The van der Waals surface area contributed by atoms with E-state index in [9.17, 15) is 0 Å². The van der Waals surface area contributed by atoms with Crippen LogP contribution in [0.25, 0.3) is 0 Å². The standard InChI is InChI=1S/C14H13BrClNOS/c15-12-8-10(16)9-13(17)14(12)18-6-7-19-11-4-2-1-3-5-11/h1-5,8-9H,6-7,17H2. The van der Waals surface area contributed by atoms with E-state index in [1.54, 1.807) is 23.9 Å². The maximum atomic E-state index is 5.89. The Kier molecular flexibility index (Phi) is 5.43. The Morgan fingerprint density at radius 1 is 1.21 bits per heavy atom. The summed E-state index contributed by atoms with van der Waals surface area (Å²) >= 11 is 11.0. The minimum absolute atomic E-state index is 0.545. The molecular formula is C14H13BrClNOS. The van der Waals surface area contributed by atoms with Crippen LogP contribution in [0.1, 0.15) is 0 Å². The number of nitrogens with two attached hydrogens (primary N) is 1. The van der Waals surface area contributed by atoms with Gasteiger partial charge in [-0.3, -0.25) is 0 Å². The maximum absolute atomic E-state index is 5.89. The van der Waals surface area contributed by atoms with Gasteiger partial charge in [-0.1, -0.05) is 29.8 Å². The van der Waals surface area contributed by atoms with Crippen molar-refractivity contribution < 1.29 is 4.74 Å². The van der Waals surface area contributed by atoms with E-state index in [0.29, 0.717) is 23.1 Å². The average Bonchev–Trinajstić information content (AvgIpc) is 2.38. The molecule has 0 atom stereocenters. The highest BCUT2D eigenvalue weighted by Crippen LogP contribution is 2.34. The molecular weight excluding hydrogens is 346 g/mol. The van der Waals surface area contributed by atoms with Crippen molar-refractivity contribution in [2.24, 2.45) is 0 Å². The third-order valence-electron chi connectivity index (χ3n) is 2.38. The number of benzene rings is 2. The number of thioether (sulfide) groups is 1. The second-order valence-corrected chi connectivity index (χ2v) is 6.28. The highest BCUT2D eigenvalue weighted by Gasteiger charge is 2.07. The molecule has 0 heterocycles. The number of anilines is 1. The van der Waals surface area contributed by atoms with Crippen molar-refractivity contribution in [2.45, 2.75) is 4.90 Å². The Labute approximate surface area is 130 Å². The molecule has 0 aromatic heterocycles. The number of hydrogen-bond acceptors (Lipinski definition) is 3. The van der Waals surface area contributed by atoms with Gasteiger partial charge in [0.15, 0.2) is 5.75 Å². The van der Waals surface area contributed by atoms with Gasteiger partial charge in [-0.25, -0.2) is 0 Å². The summed E-state index contributed by atoms with van der Waals surface area (Å²) < 4.78 is 6.47. The molecule has 19 heavy (non-hydrogen) atoms. The molecule has 0 fully saturated rings. The van der Waals surface area contributed by atoms with Gasteiger partial charge in [0.1, 0.15) is 0 Å². The third kappa shape index (κ3) is 4.34. The van der Waals surface area contributed by atoms with Gasteiger partial charge in [0, 0.05) is 15.7 Å². The molecule has 2 nitrogen and oxygen atoms in total. The Bertz CT molecular complexity index is 527. The van der Waals surface area contributed by atoms with Crippen molar-refractivity contribution in [1.82, 2.24) is 0 Å². The lowest BCUT2D eigenvalue weighted by molar-refractivity contribution is 0.343. The fourth-order valence-electron chi connectivity index (χ4n) is 1.55. The monoisotopic (exact) mass is 357 g/mol. The average molecular weight is 359 g/mol. The summed E-state index contributed by atoms with van der Waals surface area (Å²) in [4.78, 5) is 1.23. The van der Waals surface area contributed by atoms with Crippen LogP contribution < -0.4 is 10.5 Å². The van der Waals surface area contributed by atoms with Crippen LogP contribution in [0.4, 0.5) is 5.69 Å². The summed E-state index contributed by atoms with van der Waals surface area (Å²) in [7, 11) is 0. The summed E-state index contributed by atoms with van der Waals surface area (Å²) in [6.07, 6.45) is 0. The zero-order valence-electron chi connectivity index (χ0n) is 10.1. The lowest BCUT2D eigenvalue weighted by Crippen LogP contribution is -2.03. The van der Waals surface area contributed by atoms with E-state index < -0.39 is 0 Å². The first kappa shape index (κ1) is 14.6. The van der Waals surface area contributed by atoms with Gasteiger partial charge < -0.3 is 10.5 Å². The van der Waals surface area contributed by atoms with Crippen LogP contribution in [0.5, 0.6) is 5.75 Å². The molecule has 2 rings (SSSR count). The van der Waals surface area contributed by atoms with Crippen LogP contribution in [0.15, 0.2) is 51.8 Å². The van der Waals surface area contributed by atoms with Crippen molar-refractivity contribution in [3.63, 3.8) is 0 Å². The molecule has 0 unspecified atom stereocenters. The van der Waals surface area contributed by atoms with E-state index in [1.807, 2.05) is 18.2 Å². The smallest absolute Gasteiger partial charge is 0.156 e. The lowest BCUT2D eigenvalue weighted by atomic mass is 10.3. The Hall–Kier alpha value is -0.840. The third-order valence-corrected chi connectivity index (χ3v) is 4.16. The van der Waals surface area contributed by atoms with E-state index in [0.717, 1.165) is 10.2 Å². The molecule has 100 valence electrons. The van der Waals surface area contributed by atoms with Gasteiger partial charge in [0.25, 0.3) is 0 Å². The lowest BCUT2D eigenvalue weighted by Gasteiger charge is -2.11. The molecule has 0 spiro atoms. The van der Waals surface area contributed by atoms with Crippen molar-refractivity contribution in [1.29, 1.82) is 0 Å². The van der Waals surface area contributed by atoms with Crippen LogP contribution in [0.2, 0.25) is 5.02 Å². The second kappa shape index (κ2) is 7.08. The molecule has 2 aromatic carbocycles. The van der Waals surface area contributed by atoms with Gasteiger partial charge in [0.2, 0.25) is 0 Å². The SMILES string of the molecule is Nc1cc(Cl)cc(Br)c1OCCSc1ccccc1. The molecule has 0 bridgehead atoms. The van der Waals surface area contributed by atoms with Gasteiger partial charge in [-0.2, -0.15) is 0 Å². The van der Waals surface area contributed by atoms with Crippen molar-refractivity contribution in [2.75, 3.05) is 18.1 Å². The summed E-state index contributed by atoms with van der Waals surface area (Å²) in [5.41, 5.74) is 6.41. The molecule has 0 aliphatic rings. The van der Waals surface area contributed by atoms with Gasteiger partial charge >= 0.3 is 0 Å². The van der Waals surface area contributed by atoms with E-state index in [2.05, 4.69) is 28.1 Å². The Morgan fingerprint density at radius 3 is 2.63 bits per heavy atom. The molecule has 0 saturated heterocycles. The van der Waals surface area contributed by atoms with Crippen molar-refractivity contribution in [3.05, 3.63) is 52.0 Å². The minimum atomic E-state index is 0.545. The van der Waals surface area contributed by atoms with Crippen LogP contribution in [0, 0.1) is 0 Å². The zero-order valence-corrected chi connectivity index (χ0v) is 13.3. The Balaban J connectivity index is 1.86. The van der Waals surface area contributed by atoms with Crippen molar-refractivity contribution in [3.8, 4) is 5.75 Å². The van der Waals surface area contributed by atoms with E-state index in [1.165, 1.54) is 4.90 Å². The number of ether oxygens (including phenoxy) is 1. The summed E-state index contributed by atoms with van der Waals surface area (Å²) in [6.45, 7) is 0.587. The number of nitrogen functional groups attached to an aromatic ring is 1. The first-order valence-electron chi connectivity index (χ1n) is 5.72. The first-order valence-corrected chi connectivity index (χ1v) is 7.87. The molecule has 0 radical (unpaired) electrons. The molecule has 2 aromatic rings. The van der Waals surface area contributed by atoms with Gasteiger partial charge in [-0.05, 0) is 40.2 Å². The largest absolute Gasteiger partial charge is 0.489 e. The van der Waals surface area contributed by atoms with Crippen LogP contribution in [-0.4, -0.2) is 12.4 Å². The van der Waals surface area contributed by atoms with Crippen molar-refractivity contribution >= 4 is 45.0 Å². The maximum Gasteiger partial charge on any atom is 0.156 e. The Morgan fingerprint density at radius 2 is 1.95 bits per heavy atom. The number of halogens is 2. The first-order chi connectivity index (χ1) is 9.16. The quantitative estimate of drug-likeness (QED) is 0.471. The molecule has 2 N–H and O–H groups in total. The van der Waals surface area contributed by atoms with Crippen LogP contribution in [-0.2, 0) is 0 Å². The fourth-order valence-corrected chi connectivity index (χ4v) is 3.25. The number of hydrogen-bond donors (Lipinski definition) is 1. The van der Waals surface area contributed by atoms with E-state index >= 15 is 0 Å². The van der Waals surface area contributed by atoms with Gasteiger partial charge in [-0.15, -0.1) is 11.8 Å². The molecule has 0 aliphatic heterocycles. The normalized spacial score (nSPS) is 10.4. The predicted octanol–water partition coefficient (Wildman–Crippen LogP) is 4.86. The highest BCUT2D eigenvalue weighted by molar-refractivity contribution is 9.10. The zero-order chi connectivity index (χ0) is 13.7.